The molecule has 0 aliphatic rings. The summed E-state index contributed by atoms with van der Waals surface area (Å²) in [6.07, 6.45) is 0. The average Bonchev–Trinajstić information content (AvgIpc) is 2.39. The lowest BCUT2D eigenvalue weighted by molar-refractivity contribution is -0.145. The summed E-state index contributed by atoms with van der Waals surface area (Å²) in [5, 5.41) is 0. The van der Waals surface area contributed by atoms with Crippen molar-refractivity contribution in [2.75, 3.05) is 7.11 Å². The van der Waals surface area contributed by atoms with Gasteiger partial charge in [-0.05, 0) is 11.5 Å². The van der Waals surface area contributed by atoms with Crippen LogP contribution in [0, 0.1) is 5.92 Å². The Hall–Kier alpha value is -1.31. The molecule has 0 spiro atoms. The van der Waals surface area contributed by atoms with E-state index in [-0.39, 0.29) is 17.8 Å². The Balaban J connectivity index is 0.00000106. The fourth-order valence-corrected chi connectivity index (χ4v) is 1.44. The summed E-state index contributed by atoms with van der Waals surface area (Å²) >= 11 is 0. The predicted molar refractivity (Wildman–Crippen MR) is 67.4 cm³/mol. The van der Waals surface area contributed by atoms with Crippen LogP contribution in [0.15, 0.2) is 30.3 Å². The molecule has 0 bridgehead atoms. The van der Waals surface area contributed by atoms with Crippen molar-refractivity contribution in [2.24, 2.45) is 5.92 Å². The number of rotatable bonds is 3. The van der Waals surface area contributed by atoms with Crippen molar-refractivity contribution in [1.82, 2.24) is 0 Å². The second-order valence-corrected chi connectivity index (χ2v) is 3.51. The zero-order valence-corrected chi connectivity index (χ0v) is 10.9. The summed E-state index contributed by atoms with van der Waals surface area (Å²) in [6, 6.07) is 10.00. The summed E-state index contributed by atoms with van der Waals surface area (Å²) in [5.41, 5.74) is 1.17. The summed E-state index contributed by atoms with van der Waals surface area (Å²) in [5.74, 6) is -0.0487. The van der Waals surface area contributed by atoms with Crippen molar-refractivity contribution in [3.05, 3.63) is 35.9 Å². The van der Waals surface area contributed by atoms with Gasteiger partial charge in [-0.3, -0.25) is 4.79 Å². The molecule has 1 rings (SSSR count). The fraction of sp³-hybridized carbons (Fsp3) is 0.500. The van der Waals surface area contributed by atoms with E-state index in [0.717, 1.165) is 0 Å². The molecule has 0 fully saturated rings. The Morgan fingerprint density at radius 3 is 2.06 bits per heavy atom. The molecule has 2 atom stereocenters. The second-order valence-electron chi connectivity index (χ2n) is 3.51. The van der Waals surface area contributed by atoms with Gasteiger partial charge in [-0.1, -0.05) is 58.0 Å². The quantitative estimate of drug-likeness (QED) is 0.730. The molecule has 16 heavy (non-hydrogen) atoms. The van der Waals surface area contributed by atoms with Gasteiger partial charge in [0.1, 0.15) is 0 Å². The summed E-state index contributed by atoms with van der Waals surface area (Å²) < 4.78 is 4.72. The first kappa shape index (κ1) is 14.7. The van der Waals surface area contributed by atoms with E-state index in [0.29, 0.717) is 0 Å². The van der Waals surface area contributed by atoms with E-state index < -0.39 is 0 Å². The zero-order chi connectivity index (χ0) is 12.6. The van der Waals surface area contributed by atoms with Crippen molar-refractivity contribution in [1.29, 1.82) is 0 Å². The summed E-state index contributed by atoms with van der Waals surface area (Å²) in [7, 11) is 1.43. The number of benzene rings is 1. The van der Waals surface area contributed by atoms with Crippen LogP contribution in [-0.2, 0) is 9.53 Å². The lowest BCUT2D eigenvalue weighted by Gasteiger charge is -2.17. The van der Waals surface area contributed by atoms with Crippen LogP contribution < -0.4 is 0 Å². The monoisotopic (exact) mass is 222 g/mol. The van der Waals surface area contributed by atoms with E-state index in [9.17, 15) is 4.79 Å². The van der Waals surface area contributed by atoms with Gasteiger partial charge in [-0.25, -0.2) is 0 Å². The van der Waals surface area contributed by atoms with Crippen molar-refractivity contribution < 1.29 is 9.53 Å². The van der Waals surface area contributed by atoms with E-state index in [4.69, 9.17) is 4.74 Å². The Labute approximate surface area is 98.6 Å². The first-order valence-corrected chi connectivity index (χ1v) is 5.79. The molecule has 0 radical (unpaired) electrons. The molecule has 1 aromatic rings. The number of esters is 1. The normalized spacial score (nSPS) is 13.1. The number of methoxy groups -OCH3 is 1. The standard InChI is InChI=1S/C12H16O2.C2H6/c1-9(10(2)12(13)14-3)11-7-5-4-6-8-11;1-2/h4-10H,1-3H3;1-2H3. The molecular formula is C14H22O2. The molecule has 0 heterocycles. The lowest BCUT2D eigenvalue weighted by atomic mass is 9.89. The van der Waals surface area contributed by atoms with Crippen LogP contribution in [0.4, 0.5) is 0 Å². The van der Waals surface area contributed by atoms with Crippen LogP contribution >= 0.6 is 0 Å². The predicted octanol–water partition coefficient (Wildman–Crippen LogP) is 3.63. The molecule has 0 amide bonds. The Kier molecular flexibility index (Phi) is 7.27. The number of carbonyl (C=O) groups is 1. The van der Waals surface area contributed by atoms with Gasteiger partial charge in [0.2, 0.25) is 0 Å². The van der Waals surface area contributed by atoms with E-state index >= 15 is 0 Å². The molecule has 2 nitrogen and oxygen atoms in total. The van der Waals surface area contributed by atoms with Gasteiger partial charge >= 0.3 is 5.97 Å². The molecule has 2 unspecified atom stereocenters. The van der Waals surface area contributed by atoms with Crippen molar-refractivity contribution >= 4 is 5.97 Å². The number of hydrogen-bond donors (Lipinski definition) is 0. The van der Waals surface area contributed by atoms with Crippen molar-refractivity contribution in [3.63, 3.8) is 0 Å². The van der Waals surface area contributed by atoms with Crippen molar-refractivity contribution in [2.45, 2.75) is 33.6 Å². The molecule has 0 aromatic heterocycles. The molecule has 2 heteroatoms. The minimum Gasteiger partial charge on any atom is -0.469 e. The first-order valence-electron chi connectivity index (χ1n) is 5.79. The Morgan fingerprint density at radius 1 is 1.12 bits per heavy atom. The van der Waals surface area contributed by atoms with Crippen LogP contribution in [0.2, 0.25) is 0 Å². The Morgan fingerprint density at radius 2 is 1.62 bits per heavy atom. The molecule has 1 aromatic carbocycles. The molecule has 90 valence electrons. The summed E-state index contributed by atoms with van der Waals surface area (Å²) in [6.45, 7) is 7.93. The molecule has 0 saturated carbocycles. The van der Waals surface area contributed by atoms with Crippen LogP contribution in [0.5, 0.6) is 0 Å². The van der Waals surface area contributed by atoms with Gasteiger partial charge in [0.15, 0.2) is 0 Å². The van der Waals surface area contributed by atoms with Crippen LogP contribution in [0.25, 0.3) is 0 Å². The number of ether oxygens (including phenoxy) is 1. The van der Waals surface area contributed by atoms with Gasteiger partial charge in [0.05, 0.1) is 13.0 Å². The van der Waals surface area contributed by atoms with Gasteiger partial charge in [0, 0.05) is 0 Å². The van der Waals surface area contributed by atoms with E-state index in [2.05, 4.69) is 0 Å². The largest absolute Gasteiger partial charge is 0.469 e. The van der Waals surface area contributed by atoms with Crippen LogP contribution in [0.3, 0.4) is 0 Å². The third-order valence-corrected chi connectivity index (χ3v) is 2.65. The SMILES string of the molecule is CC.COC(=O)C(C)C(C)c1ccccc1. The number of hydrogen-bond acceptors (Lipinski definition) is 2. The smallest absolute Gasteiger partial charge is 0.308 e. The van der Waals surface area contributed by atoms with E-state index in [1.165, 1.54) is 12.7 Å². The van der Waals surface area contributed by atoms with Gasteiger partial charge in [-0.2, -0.15) is 0 Å². The van der Waals surface area contributed by atoms with Gasteiger partial charge < -0.3 is 4.74 Å². The second kappa shape index (κ2) is 7.91. The van der Waals surface area contributed by atoms with E-state index in [1.54, 1.807) is 0 Å². The fourth-order valence-electron chi connectivity index (χ4n) is 1.44. The molecule has 0 aliphatic heterocycles. The third-order valence-electron chi connectivity index (χ3n) is 2.65. The minimum absolute atomic E-state index is 0.0950. The molecule has 0 saturated heterocycles. The Bertz CT molecular complexity index is 293. The first-order chi connectivity index (χ1) is 7.66. The molecule has 0 N–H and O–H groups in total. The number of carbonyl (C=O) groups excluding carboxylic acids is 1. The maximum atomic E-state index is 11.3. The van der Waals surface area contributed by atoms with E-state index in [1.807, 2.05) is 58.0 Å². The van der Waals surface area contributed by atoms with Gasteiger partial charge in [0.25, 0.3) is 0 Å². The highest BCUT2D eigenvalue weighted by Gasteiger charge is 2.21. The highest BCUT2D eigenvalue weighted by atomic mass is 16.5. The van der Waals surface area contributed by atoms with Crippen molar-refractivity contribution in [3.8, 4) is 0 Å². The lowest BCUT2D eigenvalue weighted by Crippen LogP contribution is -2.18. The highest BCUT2D eigenvalue weighted by Crippen LogP contribution is 2.24. The maximum absolute atomic E-state index is 11.3. The summed E-state index contributed by atoms with van der Waals surface area (Å²) in [4.78, 5) is 11.3. The molecular weight excluding hydrogens is 200 g/mol. The minimum atomic E-state index is -0.152. The van der Waals surface area contributed by atoms with Crippen LogP contribution in [-0.4, -0.2) is 13.1 Å². The van der Waals surface area contributed by atoms with Gasteiger partial charge in [-0.15, -0.1) is 0 Å². The third kappa shape index (κ3) is 4.05. The van der Waals surface area contributed by atoms with Crippen LogP contribution in [0.1, 0.15) is 39.2 Å². The topological polar surface area (TPSA) is 26.3 Å². The zero-order valence-electron chi connectivity index (χ0n) is 10.9. The maximum Gasteiger partial charge on any atom is 0.308 e. The average molecular weight is 222 g/mol. The highest BCUT2D eigenvalue weighted by molar-refractivity contribution is 5.73. The molecule has 0 aliphatic carbocycles.